The van der Waals surface area contributed by atoms with Gasteiger partial charge in [-0.15, -0.1) is 0 Å². The van der Waals surface area contributed by atoms with E-state index in [4.69, 9.17) is 0 Å². The minimum atomic E-state index is -3.68. The molecule has 0 aliphatic carbocycles. The predicted octanol–water partition coefficient (Wildman–Crippen LogP) is 2.20. The van der Waals surface area contributed by atoms with Crippen LogP contribution < -0.4 is 16.0 Å². The first-order valence-corrected chi connectivity index (χ1v) is 13.2. The van der Waals surface area contributed by atoms with E-state index in [1.54, 1.807) is 6.08 Å². The topological polar surface area (TPSA) is 125 Å². The summed E-state index contributed by atoms with van der Waals surface area (Å²) in [6.07, 6.45) is 1.75. The molecular formula is C25H26N4O5S2. The molecule has 188 valence electrons. The van der Waals surface area contributed by atoms with Crippen molar-refractivity contribution in [2.24, 2.45) is 0 Å². The van der Waals surface area contributed by atoms with Gasteiger partial charge in [-0.25, -0.2) is 12.7 Å². The zero-order valence-electron chi connectivity index (χ0n) is 20.0. The third kappa shape index (κ3) is 7.19. The van der Waals surface area contributed by atoms with Gasteiger partial charge in [0.2, 0.25) is 21.8 Å². The van der Waals surface area contributed by atoms with Crippen molar-refractivity contribution in [3.63, 3.8) is 0 Å². The van der Waals surface area contributed by atoms with E-state index in [1.807, 2.05) is 29.7 Å². The first-order valence-electron chi connectivity index (χ1n) is 10.8. The Balaban J connectivity index is 1.54. The normalized spacial score (nSPS) is 13.0. The first kappa shape index (κ1) is 27.0. The molecule has 0 radical (unpaired) electrons. The van der Waals surface area contributed by atoms with Crippen molar-refractivity contribution >= 4 is 45.1 Å². The Morgan fingerprint density at radius 2 is 1.75 bits per heavy atom. The number of sulfonamides is 1. The number of allylic oxidation sites excluding steroid dienone is 2. The summed E-state index contributed by atoms with van der Waals surface area (Å²) in [4.78, 5) is 35.7. The lowest BCUT2D eigenvalue weighted by Gasteiger charge is -2.13. The van der Waals surface area contributed by atoms with Gasteiger partial charge < -0.3 is 16.0 Å². The second-order valence-electron chi connectivity index (χ2n) is 7.96. The van der Waals surface area contributed by atoms with Gasteiger partial charge in [-0.2, -0.15) is 0 Å². The minimum absolute atomic E-state index is 0.0107. The molecule has 0 atom stereocenters. The summed E-state index contributed by atoms with van der Waals surface area (Å²) >= 11 is 1.29. The number of hydrogen-bond acceptors (Lipinski definition) is 6. The quantitative estimate of drug-likeness (QED) is 0.431. The average molecular weight is 527 g/mol. The molecule has 0 saturated heterocycles. The molecule has 11 heteroatoms. The highest BCUT2D eigenvalue weighted by Gasteiger charge is 2.19. The van der Waals surface area contributed by atoms with Crippen LogP contribution >= 0.6 is 11.8 Å². The van der Waals surface area contributed by atoms with E-state index in [0.717, 1.165) is 21.0 Å². The minimum Gasteiger partial charge on any atom is -0.352 e. The van der Waals surface area contributed by atoms with Crippen LogP contribution in [0.4, 0.5) is 0 Å². The van der Waals surface area contributed by atoms with E-state index in [2.05, 4.69) is 21.7 Å². The summed E-state index contributed by atoms with van der Waals surface area (Å²) < 4.78 is 25.6. The van der Waals surface area contributed by atoms with Gasteiger partial charge in [0.1, 0.15) is 5.03 Å². The van der Waals surface area contributed by atoms with Crippen LogP contribution in [0.5, 0.6) is 0 Å². The van der Waals surface area contributed by atoms with Gasteiger partial charge in [-0.1, -0.05) is 47.8 Å². The van der Waals surface area contributed by atoms with E-state index in [9.17, 15) is 22.8 Å². The summed E-state index contributed by atoms with van der Waals surface area (Å²) in [7, 11) is -0.869. The fraction of sp³-hybridized carbons (Fsp3) is 0.200. The number of nitrogens with zero attached hydrogens (tertiary/aromatic N) is 1. The summed E-state index contributed by atoms with van der Waals surface area (Å²) in [5.74, 6) is -1.09. The van der Waals surface area contributed by atoms with E-state index in [-0.39, 0.29) is 22.9 Å². The Kier molecular flexibility index (Phi) is 8.89. The molecule has 0 unspecified atom stereocenters. The molecule has 0 aromatic heterocycles. The fourth-order valence-electron chi connectivity index (χ4n) is 3.03. The van der Waals surface area contributed by atoms with Crippen molar-refractivity contribution in [1.82, 2.24) is 20.3 Å². The zero-order chi connectivity index (χ0) is 26.3. The molecule has 0 fully saturated rings. The lowest BCUT2D eigenvalue weighted by molar-refractivity contribution is -0.120. The van der Waals surface area contributed by atoms with Gasteiger partial charge in [0.15, 0.2) is 0 Å². The van der Waals surface area contributed by atoms with Crippen LogP contribution in [0.1, 0.15) is 28.4 Å². The summed E-state index contributed by atoms with van der Waals surface area (Å²) in [6, 6.07) is 13.4. The van der Waals surface area contributed by atoms with Crippen molar-refractivity contribution < 1.29 is 22.8 Å². The van der Waals surface area contributed by atoms with E-state index in [1.165, 1.54) is 57.0 Å². The third-order valence-electron chi connectivity index (χ3n) is 5.03. The number of nitrogens with one attached hydrogen (secondary N) is 3. The van der Waals surface area contributed by atoms with Gasteiger partial charge in [-0.05, 0) is 46.4 Å². The number of benzene rings is 2. The average Bonchev–Trinajstić information content (AvgIpc) is 2.87. The maximum absolute atomic E-state index is 12.4. The monoisotopic (exact) mass is 526 g/mol. The third-order valence-corrected chi connectivity index (χ3v) is 7.67. The standard InChI is InChI=1S/C25H26N4O5S2/c1-17(30)26-14-18-7-9-19(10-8-18)21-11-12-24(35-16-21)28-23(31)15-27-25(32)20-5-4-6-22(13-20)36(33,34)29(2)3/h4-11,13,16H,14-15H2,1-3H3,(H,26,30)(H,27,32)(H,28,31). The van der Waals surface area contributed by atoms with Crippen molar-refractivity contribution in [2.75, 3.05) is 20.6 Å². The second kappa shape index (κ2) is 11.9. The predicted molar refractivity (Wildman–Crippen MR) is 139 cm³/mol. The first-order chi connectivity index (χ1) is 17.1. The number of rotatable bonds is 9. The van der Waals surface area contributed by atoms with Crippen molar-refractivity contribution in [1.29, 1.82) is 0 Å². The molecule has 0 bridgehead atoms. The molecule has 36 heavy (non-hydrogen) atoms. The number of carbonyl (C=O) groups is 3. The van der Waals surface area contributed by atoms with Crippen LogP contribution in [0.15, 0.2) is 75.7 Å². The smallest absolute Gasteiger partial charge is 0.251 e. The van der Waals surface area contributed by atoms with E-state index in [0.29, 0.717) is 11.6 Å². The van der Waals surface area contributed by atoms with Gasteiger partial charge in [-0.3, -0.25) is 14.4 Å². The van der Waals surface area contributed by atoms with Crippen LogP contribution in [0, 0.1) is 0 Å². The van der Waals surface area contributed by atoms with Crippen molar-refractivity contribution in [3.8, 4) is 0 Å². The summed E-state index contributed by atoms with van der Waals surface area (Å²) in [5.41, 5.74) is 6.03. The van der Waals surface area contributed by atoms with E-state index >= 15 is 0 Å². The zero-order valence-corrected chi connectivity index (χ0v) is 21.6. The summed E-state index contributed by atoms with van der Waals surface area (Å²) in [5, 5.41) is 10.3. The van der Waals surface area contributed by atoms with Crippen molar-refractivity contribution in [2.45, 2.75) is 18.4 Å². The van der Waals surface area contributed by atoms with Gasteiger partial charge >= 0.3 is 0 Å². The highest BCUT2D eigenvalue weighted by molar-refractivity contribution is 8.06. The Bertz CT molecular complexity index is 1370. The molecular weight excluding hydrogens is 500 g/mol. The van der Waals surface area contributed by atoms with Gasteiger partial charge in [0.05, 0.1) is 11.4 Å². The molecule has 1 aliphatic rings. The molecule has 1 heterocycles. The fourth-order valence-corrected chi connectivity index (χ4v) is 4.73. The molecule has 9 nitrogen and oxygen atoms in total. The molecule has 0 spiro atoms. The molecule has 2 aromatic rings. The Morgan fingerprint density at radius 1 is 1.03 bits per heavy atom. The largest absolute Gasteiger partial charge is 0.352 e. The van der Waals surface area contributed by atoms with Gasteiger partial charge in [0.25, 0.3) is 5.91 Å². The Hall–Kier alpha value is -3.63. The molecule has 1 aliphatic heterocycles. The Labute approximate surface area is 214 Å². The molecule has 3 amide bonds. The lowest BCUT2D eigenvalue weighted by Crippen LogP contribution is -2.36. The van der Waals surface area contributed by atoms with Crippen LogP contribution in [0.3, 0.4) is 0 Å². The molecule has 3 rings (SSSR count). The second-order valence-corrected chi connectivity index (χ2v) is 11.0. The molecule has 2 aromatic carbocycles. The number of amides is 3. The maximum Gasteiger partial charge on any atom is 0.251 e. The Morgan fingerprint density at radius 3 is 2.36 bits per heavy atom. The number of hydrogen-bond donors (Lipinski definition) is 3. The van der Waals surface area contributed by atoms with Gasteiger partial charge in [0, 0.05) is 33.1 Å². The summed E-state index contributed by atoms with van der Waals surface area (Å²) in [6.45, 7) is 1.65. The van der Waals surface area contributed by atoms with Crippen LogP contribution in [0.2, 0.25) is 0 Å². The number of thioether (sulfide) groups is 1. The SMILES string of the molecule is CC(=O)NCc1ccc(C2=CSC(NC(=O)CNC(=O)c3cccc(S(=O)(=O)N(C)C)c3)=C=C2)cc1. The maximum atomic E-state index is 12.4. The van der Waals surface area contributed by atoms with Crippen LogP contribution in [-0.2, 0) is 26.2 Å². The van der Waals surface area contributed by atoms with Crippen LogP contribution in [-0.4, -0.2) is 51.1 Å². The molecule has 0 saturated carbocycles. The number of carbonyl (C=O) groups excluding carboxylic acids is 3. The molecule has 3 N–H and O–H groups in total. The lowest BCUT2D eigenvalue weighted by atomic mass is 10.1. The van der Waals surface area contributed by atoms with Crippen molar-refractivity contribution in [3.05, 3.63) is 87.5 Å². The highest BCUT2D eigenvalue weighted by Crippen LogP contribution is 2.27. The van der Waals surface area contributed by atoms with E-state index < -0.39 is 21.8 Å². The van der Waals surface area contributed by atoms with Crippen LogP contribution in [0.25, 0.3) is 5.57 Å². The highest BCUT2D eigenvalue weighted by atomic mass is 32.2.